The number of methoxy groups -OCH3 is 1. The van der Waals surface area contributed by atoms with Crippen LogP contribution in [0.25, 0.3) is 0 Å². The molecule has 0 bridgehead atoms. The summed E-state index contributed by atoms with van der Waals surface area (Å²) in [5, 5.41) is 3.35. The number of carbonyl (C=O) groups is 1. The van der Waals surface area contributed by atoms with E-state index in [-0.39, 0.29) is 5.97 Å². The van der Waals surface area contributed by atoms with Crippen LogP contribution in [0.1, 0.15) is 54.6 Å². The lowest BCUT2D eigenvalue weighted by Gasteiger charge is -2.21. The molecule has 0 aromatic carbocycles. The summed E-state index contributed by atoms with van der Waals surface area (Å²) in [5.74, 6) is 1.38. The third kappa shape index (κ3) is 3.95. The van der Waals surface area contributed by atoms with Crippen molar-refractivity contribution in [1.82, 2.24) is 4.98 Å². The van der Waals surface area contributed by atoms with Crippen LogP contribution in [0.4, 0.5) is 5.82 Å². The summed E-state index contributed by atoms with van der Waals surface area (Å²) in [6.07, 6.45) is 8.12. The van der Waals surface area contributed by atoms with E-state index in [0.717, 1.165) is 18.3 Å². The van der Waals surface area contributed by atoms with E-state index in [1.807, 2.05) is 13.0 Å². The Labute approximate surface area is 120 Å². The van der Waals surface area contributed by atoms with E-state index >= 15 is 0 Å². The van der Waals surface area contributed by atoms with E-state index in [0.29, 0.717) is 11.3 Å². The van der Waals surface area contributed by atoms with Crippen LogP contribution in [0.5, 0.6) is 0 Å². The lowest BCUT2D eigenvalue weighted by Crippen LogP contribution is -2.13. The quantitative estimate of drug-likeness (QED) is 0.835. The van der Waals surface area contributed by atoms with Gasteiger partial charge in [-0.3, -0.25) is 0 Å². The molecule has 20 heavy (non-hydrogen) atoms. The van der Waals surface area contributed by atoms with Crippen molar-refractivity contribution in [2.75, 3.05) is 19.0 Å². The Bertz CT molecular complexity index is 454. The number of hydrogen-bond acceptors (Lipinski definition) is 4. The van der Waals surface area contributed by atoms with Gasteiger partial charge in [0.25, 0.3) is 0 Å². The predicted octanol–water partition coefficient (Wildman–Crippen LogP) is 3.56. The molecule has 1 aromatic heterocycles. The van der Waals surface area contributed by atoms with Gasteiger partial charge < -0.3 is 10.1 Å². The van der Waals surface area contributed by atoms with Crippen molar-refractivity contribution in [3.8, 4) is 0 Å². The number of aryl methyl sites for hydroxylation is 1. The largest absolute Gasteiger partial charge is 0.465 e. The van der Waals surface area contributed by atoms with Crippen LogP contribution in [-0.2, 0) is 4.74 Å². The molecule has 0 aliphatic heterocycles. The number of esters is 1. The molecule has 4 nitrogen and oxygen atoms in total. The zero-order valence-electron chi connectivity index (χ0n) is 12.4. The predicted molar refractivity (Wildman–Crippen MR) is 80.0 cm³/mol. The second-order valence-electron chi connectivity index (χ2n) is 5.54. The van der Waals surface area contributed by atoms with Crippen molar-refractivity contribution >= 4 is 11.8 Å². The molecule has 0 radical (unpaired) electrons. The van der Waals surface area contributed by atoms with Crippen LogP contribution < -0.4 is 5.32 Å². The summed E-state index contributed by atoms with van der Waals surface area (Å²) in [6, 6.07) is 3.62. The van der Waals surface area contributed by atoms with Gasteiger partial charge in [0.05, 0.1) is 18.4 Å². The molecule has 1 aliphatic rings. The average molecular weight is 276 g/mol. The summed E-state index contributed by atoms with van der Waals surface area (Å²) in [4.78, 5) is 15.9. The molecule has 110 valence electrons. The highest BCUT2D eigenvalue weighted by Gasteiger charge is 2.13. The topological polar surface area (TPSA) is 51.2 Å². The van der Waals surface area contributed by atoms with Gasteiger partial charge in [0.15, 0.2) is 0 Å². The zero-order valence-corrected chi connectivity index (χ0v) is 12.4. The molecule has 0 spiro atoms. The Balaban J connectivity index is 1.84. The monoisotopic (exact) mass is 276 g/mol. The molecule has 0 unspecified atom stereocenters. The van der Waals surface area contributed by atoms with Gasteiger partial charge in [0.1, 0.15) is 5.82 Å². The number of pyridine rings is 1. The maximum atomic E-state index is 11.5. The molecular weight excluding hydrogens is 252 g/mol. The Morgan fingerprint density at radius 3 is 2.75 bits per heavy atom. The van der Waals surface area contributed by atoms with Gasteiger partial charge in [-0.1, -0.05) is 32.1 Å². The Hall–Kier alpha value is -1.58. The SMILES string of the molecule is COC(=O)c1ccc(NCCC2CCCCC2)nc1C. The standard InChI is InChI=1S/C16H24N2O2/c1-12-14(16(19)20-2)8-9-15(18-12)17-11-10-13-6-4-3-5-7-13/h8-9,13H,3-7,10-11H2,1-2H3,(H,17,18). The third-order valence-corrected chi connectivity index (χ3v) is 4.07. The number of rotatable bonds is 5. The fourth-order valence-electron chi connectivity index (χ4n) is 2.87. The van der Waals surface area contributed by atoms with E-state index in [9.17, 15) is 4.79 Å². The fraction of sp³-hybridized carbons (Fsp3) is 0.625. The van der Waals surface area contributed by atoms with Crippen LogP contribution in [0.15, 0.2) is 12.1 Å². The first-order valence-electron chi connectivity index (χ1n) is 7.50. The smallest absolute Gasteiger partial charge is 0.339 e. The van der Waals surface area contributed by atoms with Crippen molar-refractivity contribution in [2.45, 2.75) is 45.4 Å². The minimum absolute atomic E-state index is 0.330. The fourth-order valence-corrected chi connectivity index (χ4v) is 2.87. The Morgan fingerprint density at radius 1 is 1.35 bits per heavy atom. The van der Waals surface area contributed by atoms with Crippen molar-refractivity contribution in [3.63, 3.8) is 0 Å². The number of hydrogen-bond donors (Lipinski definition) is 1. The van der Waals surface area contributed by atoms with Crippen molar-refractivity contribution in [3.05, 3.63) is 23.4 Å². The molecular formula is C16H24N2O2. The van der Waals surface area contributed by atoms with Crippen LogP contribution in [0.2, 0.25) is 0 Å². The number of nitrogens with zero attached hydrogens (tertiary/aromatic N) is 1. The number of ether oxygens (including phenoxy) is 1. The van der Waals surface area contributed by atoms with Gasteiger partial charge in [-0.25, -0.2) is 9.78 Å². The zero-order chi connectivity index (χ0) is 14.4. The molecule has 0 amide bonds. The normalized spacial score (nSPS) is 15.9. The van der Waals surface area contributed by atoms with Crippen molar-refractivity contribution in [2.24, 2.45) is 5.92 Å². The van der Waals surface area contributed by atoms with Gasteiger partial charge in [-0.05, 0) is 31.4 Å². The van der Waals surface area contributed by atoms with E-state index in [4.69, 9.17) is 4.74 Å². The first-order valence-corrected chi connectivity index (χ1v) is 7.50. The van der Waals surface area contributed by atoms with Crippen LogP contribution >= 0.6 is 0 Å². The molecule has 1 aliphatic carbocycles. The lowest BCUT2D eigenvalue weighted by atomic mass is 9.87. The molecule has 0 saturated heterocycles. The summed E-state index contributed by atoms with van der Waals surface area (Å²) in [6.45, 7) is 2.78. The van der Waals surface area contributed by atoms with Crippen molar-refractivity contribution in [1.29, 1.82) is 0 Å². The number of aromatic nitrogens is 1. The van der Waals surface area contributed by atoms with Gasteiger partial charge in [0.2, 0.25) is 0 Å². The molecule has 1 saturated carbocycles. The summed E-state index contributed by atoms with van der Waals surface area (Å²) < 4.78 is 4.72. The van der Waals surface area contributed by atoms with Gasteiger partial charge in [-0.2, -0.15) is 0 Å². The molecule has 0 atom stereocenters. The first-order chi connectivity index (χ1) is 9.70. The number of anilines is 1. The average Bonchev–Trinajstić information content (AvgIpc) is 2.48. The van der Waals surface area contributed by atoms with Gasteiger partial charge in [0, 0.05) is 6.54 Å². The minimum atomic E-state index is -0.330. The lowest BCUT2D eigenvalue weighted by molar-refractivity contribution is 0.0599. The number of nitrogens with one attached hydrogen (secondary N) is 1. The van der Waals surface area contributed by atoms with E-state index in [1.165, 1.54) is 45.6 Å². The second-order valence-corrected chi connectivity index (χ2v) is 5.54. The van der Waals surface area contributed by atoms with Gasteiger partial charge in [-0.15, -0.1) is 0 Å². The Morgan fingerprint density at radius 2 is 2.10 bits per heavy atom. The van der Waals surface area contributed by atoms with Crippen molar-refractivity contribution < 1.29 is 9.53 Å². The van der Waals surface area contributed by atoms with E-state index in [2.05, 4.69) is 10.3 Å². The number of carbonyl (C=O) groups excluding carboxylic acids is 1. The first kappa shape index (κ1) is 14.8. The molecule has 4 heteroatoms. The van der Waals surface area contributed by atoms with Crippen LogP contribution in [0.3, 0.4) is 0 Å². The summed E-state index contributed by atoms with van der Waals surface area (Å²) in [7, 11) is 1.39. The maximum Gasteiger partial charge on any atom is 0.339 e. The summed E-state index contributed by atoms with van der Waals surface area (Å²) >= 11 is 0. The maximum absolute atomic E-state index is 11.5. The highest BCUT2D eigenvalue weighted by atomic mass is 16.5. The van der Waals surface area contributed by atoms with E-state index < -0.39 is 0 Å². The highest BCUT2D eigenvalue weighted by molar-refractivity contribution is 5.90. The third-order valence-electron chi connectivity index (χ3n) is 4.07. The second kappa shape index (κ2) is 7.27. The molecule has 1 N–H and O–H groups in total. The minimum Gasteiger partial charge on any atom is -0.465 e. The molecule has 1 heterocycles. The molecule has 2 rings (SSSR count). The van der Waals surface area contributed by atoms with Gasteiger partial charge >= 0.3 is 5.97 Å². The van der Waals surface area contributed by atoms with Crippen LogP contribution in [0, 0.1) is 12.8 Å². The van der Waals surface area contributed by atoms with Crippen LogP contribution in [-0.4, -0.2) is 24.6 Å². The molecule has 1 fully saturated rings. The highest BCUT2D eigenvalue weighted by Crippen LogP contribution is 2.26. The summed E-state index contributed by atoms with van der Waals surface area (Å²) in [5.41, 5.74) is 1.24. The van der Waals surface area contributed by atoms with E-state index in [1.54, 1.807) is 6.07 Å². The Kier molecular flexibility index (Phi) is 5.39. The molecule has 1 aromatic rings.